The Morgan fingerprint density at radius 1 is 1.09 bits per heavy atom. The summed E-state index contributed by atoms with van der Waals surface area (Å²) >= 11 is 0. The van der Waals surface area contributed by atoms with Gasteiger partial charge >= 0.3 is 0 Å². The predicted molar refractivity (Wildman–Crippen MR) is 127 cm³/mol. The fourth-order valence-corrected chi connectivity index (χ4v) is 5.12. The van der Waals surface area contributed by atoms with Crippen LogP contribution in [0.5, 0.6) is 5.75 Å². The minimum Gasteiger partial charge on any atom is -0.497 e. The number of ether oxygens (including phenoxy) is 2. The van der Waals surface area contributed by atoms with Gasteiger partial charge in [0.25, 0.3) is 0 Å². The van der Waals surface area contributed by atoms with Gasteiger partial charge in [-0.15, -0.1) is 0 Å². The summed E-state index contributed by atoms with van der Waals surface area (Å²) in [5.41, 5.74) is 3.00. The SMILES string of the molecule is COc1ccc(C2(C(=O)NCc3ccccc3CN3CCCCC3C)CCOCC2)cc1. The molecule has 5 heteroatoms. The van der Waals surface area contributed by atoms with Crippen LogP contribution in [0, 0.1) is 0 Å². The molecule has 0 bridgehead atoms. The van der Waals surface area contributed by atoms with Crippen molar-refractivity contribution in [2.75, 3.05) is 26.9 Å². The number of rotatable bonds is 7. The van der Waals surface area contributed by atoms with Gasteiger partial charge in [-0.3, -0.25) is 9.69 Å². The Labute approximate surface area is 192 Å². The third-order valence-electron chi connectivity index (χ3n) is 7.30. The first-order chi connectivity index (χ1) is 15.6. The largest absolute Gasteiger partial charge is 0.497 e. The first-order valence-electron chi connectivity index (χ1n) is 11.9. The maximum absolute atomic E-state index is 13.6. The Morgan fingerprint density at radius 3 is 2.50 bits per heavy atom. The Morgan fingerprint density at radius 2 is 1.81 bits per heavy atom. The third kappa shape index (κ3) is 5.00. The molecule has 2 saturated heterocycles. The highest BCUT2D eigenvalue weighted by atomic mass is 16.5. The smallest absolute Gasteiger partial charge is 0.231 e. The fourth-order valence-electron chi connectivity index (χ4n) is 5.12. The van der Waals surface area contributed by atoms with Crippen molar-refractivity contribution in [3.8, 4) is 5.75 Å². The monoisotopic (exact) mass is 436 g/mol. The number of piperidine rings is 1. The molecule has 2 aromatic carbocycles. The number of hydrogen-bond acceptors (Lipinski definition) is 4. The second kappa shape index (κ2) is 10.5. The fraction of sp³-hybridized carbons (Fsp3) is 0.519. The van der Waals surface area contributed by atoms with E-state index in [0.717, 1.165) is 24.4 Å². The van der Waals surface area contributed by atoms with Crippen LogP contribution in [0.25, 0.3) is 0 Å². The van der Waals surface area contributed by atoms with Gasteiger partial charge in [0.1, 0.15) is 5.75 Å². The van der Waals surface area contributed by atoms with Crippen molar-refractivity contribution >= 4 is 5.91 Å². The second-order valence-electron chi connectivity index (χ2n) is 9.19. The molecule has 1 N–H and O–H groups in total. The summed E-state index contributed by atoms with van der Waals surface area (Å²) in [7, 11) is 1.66. The molecule has 0 aliphatic carbocycles. The van der Waals surface area contributed by atoms with Gasteiger partial charge in [-0.1, -0.05) is 42.8 Å². The van der Waals surface area contributed by atoms with E-state index in [0.29, 0.717) is 38.6 Å². The van der Waals surface area contributed by atoms with Crippen LogP contribution in [-0.4, -0.2) is 43.7 Å². The van der Waals surface area contributed by atoms with E-state index in [4.69, 9.17) is 9.47 Å². The molecule has 4 rings (SSSR count). The van der Waals surface area contributed by atoms with Crippen molar-refractivity contribution < 1.29 is 14.3 Å². The van der Waals surface area contributed by atoms with Crippen molar-refractivity contribution in [3.63, 3.8) is 0 Å². The lowest BCUT2D eigenvalue weighted by molar-refractivity contribution is -0.130. The quantitative estimate of drug-likeness (QED) is 0.697. The highest BCUT2D eigenvalue weighted by Gasteiger charge is 2.41. The van der Waals surface area contributed by atoms with E-state index in [-0.39, 0.29) is 5.91 Å². The van der Waals surface area contributed by atoms with E-state index in [2.05, 4.69) is 41.4 Å². The molecule has 172 valence electrons. The molecular formula is C27H36N2O3. The molecule has 2 aliphatic heterocycles. The average molecular weight is 437 g/mol. The lowest BCUT2D eigenvalue weighted by Gasteiger charge is -2.36. The van der Waals surface area contributed by atoms with Crippen molar-refractivity contribution in [3.05, 3.63) is 65.2 Å². The van der Waals surface area contributed by atoms with Crippen molar-refractivity contribution in [1.82, 2.24) is 10.2 Å². The third-order valence-corrected chi connectivity index (χ3v) is 7.30. The average Bonchev–Trinajstić information content (AvgIpc) is 2.85. The van der Waals surface area contributed by atoms with Crippen LogP contribution >= 0.6 is 0 Å². The Balaban J connectivity index is 1.49. The van der Waals surface area contributed by atoms with Gasteiger partial charge < -0.3 is 14.8 Å². The summed E-state index contributed by atoms with van der Waals surface area (Å²) in [6, 6.07) is 17.1. The van der Waals surface area contributed by atoms with Gasteiger partial charge in [0.15, 0.2) is 0 Å². The van der Waals surface area contributed by atoms with E-state index >= 15 is 0 Å². The maximum Gasteiger partial charge on any atom is 0.231 e. The lowest BCUT2D eigenvalue weighted by atomic mass is 9.73. The molecule has 1 atom stereocenters. The van der Waals surface area contributed by atoms with Gasteiger partial charge in [-0.25, -0.2) is 0 Å². The molecule has 5 nitrogen and oxygen atoms in total. The van der Waals surface area contributed by atoms with Crippen LogP contribution in [0.3, 0.4) is 0 Å². The Bertz CT molecular complexity index is 890. The topological polar surface area (TPSA) is 50.8 Å². The summed E-state index contributed by atoms with van der Waals surface area (Å²) in [5.74, 6) is 0.893. The number of carbonyl (C=O) groups is 1. The van der Waals surface area contributed by atoms with E-state index in [1.807, 2.05) is 24.3 Å². The molecule has 0 saturated carbocycles. The van der Waals surface area contributed by atoms with E-state index in [9.17, 15) is 4.79 Å². The van der Waals surface area contributed by atoms with Gasteiger partial charge in [0, 0.05) is 32.3 Å². The van der Waals surface area contributed by atoms with Crippen LogP contribution in [0.15, 0.2) is 48.5 Å². The molecule has 1 unspecified atom stereocenters. The summed E-state index contributed by atoms with van der Waals surface area (Å²) in [6.45, 7) is 6.18. The van der Waals surface area contributed by atoms with Crippen molar-refractivity contribution in [2.24, 2.45) is 0 Å². The number of hydrogen-bond donors (Lipinski definition) is 1. The second-order valence-corrected chi connectivity index (χ2v) is 9.19. The van der Waals surface area contributed by atoms with Crippen LogP contribution in [-0.2, 0) is 28.0 Å². The zero-order valence-corrected chi connectivity index (χ0v) is 19.4. The molecule has 2 fully saturated rings. The number of benzene rings is 2. The first-order valence-corrected chi connectivity index (χ1v) is 11.9. The van der Waals surface area contributed by atoms with Crippen molar-refractivity contribution in [1.29, 1.82) is 0 Å². The molecule has 0 aromatic heterocycles. The summed E-state index contributed by atoms with van der Waals surface area (Å²) in [6.07, 6.45) is 5.25. The first kappa shape index (κ1) is 22.8. The normalized spacial score (nSPS) is 21.1. The molecule has 32 heavy (non-hydrogen) atoms. The van der Waals surface area contributed by atoms with E-state index < -0.39 is 5.41 Å². The van der Waals surface area contributed by atoms with E-state index in [1.165, 1.54) is 30.4 Å². The highest BCUT2D eigenvalue weighted by Crippen LogP contribution is 2.36. The van der Waals surface area contributed by atoms with Gasteiger partial charge in [0.2, 0.25) is 5.91 Å². The molecule has 1 amide bonds. The summed E-state index contributed by atoms with van der Waals surface area (Å²) in [4.78, 5) is 16.2. The van der Waals surface area contributed by atoms with Crippen LogP contribution in [0.1, 0.15) is 55.7 Å². The minimum absolute atomic E-state index is 0.0899. The number of nitrogens with zero attached hydrogens (tertiary/aromatic N) is 1. The number of likely N-dealkylation sites (tertiary alicyclic amines) is 1. The maximum atomic E-state index is 13.6. The van der Waals surface area contributed by atoms with Crippen molar-refractivity contribution in [2.45, 2.75) is 63.6 Å². The highest BCUT2D eigenvalue weighted by molar-refractivity contribution is 5.88. The zero-order valence-electron chi connectivity index (χ0n) is 19.4. The molecule has 0 spiro atoms. The van der Waals surface area contributed by atoms with Gasteiger partial charge in [-0.05, 0) is 68.0 Å². The molecular weight excluding hydrogens is 400 g/mol. The van der Waals surface area contributed by atoms with Crippen LogP contribution in [0.4, 0.5) is 0 Å². The predicted octanol–water partition coefficient (Wildman–Crippen LogP) is 4.43. The zero-order chi connectivity index (χ0) is 22.4. The summed E-state index contributed by atoms with van der Waals surface area (Å²) < 4.78 is 10.9. The molecule has 2 heterocycles. The van der Waals surface area contributed by atoms with E-state index in [1.54, 1.807) is 7.11 Å². The Kier molecular flexibility index (Phi) is 7.48. The minimum atomic E-state index is -0.555. The van der Waals surface area contributed by atoms with Gasteiger partial charge in [-0.2, -0.15) is 0 Å². The standard InChI is InChI=1S/C27H36N2O3/c1-21-7-5-6-16-29(21)20-23-9-4-3-8-22(23)19-28-26(30)27(14-17-32-18-15-27)24-10-12-25(31-2)13-11-24/h3-4,8-13,21H,5-7,14-20H2,1-2H3,(H,28,30). The van der Waals surface area contributed by atoms with Gasteiger partial charge in [0.05, 0.1) is 12.5 Å². The number of nitrogens with one attached hydrogen (secondary N) is 1. The number of carbonyl (C=O) groups excluding carboxylic acids is 1. The molecule has 0 radical (unpaired) electrons. The summed E-state index contributed by atoms with van der Waals surface area (Å²) in [5, 5.41) is 3.28. The number of methoxy groups -OCH3 is 1. The lowest BCUT2D eigenvalue weighted by Crippen LogP contribution is -2.48. The van der Waals surface area contributed by atoms with Crippen LogP contribution < -0.4 is 10.1 Å². The Hall–Kier alpha value is -2.37. The number of amides is 1. The van der Waals surface area contributed by atoms with Crippen LogP contribution in [0.2, 0.25) is 0 Å². The molecule has 2 aromatic rings. The molecule has 2 aliphatic rings.